The van der Waals surface area contributed by atoms with Gasteiger partial charge in [0.2, 0.25) is 0 Å². The Labute approximate surface area is 152 Å². The molecule has 0 bridgehead atoms. The van der Waals surface area contributed by atoms with E-state index in [0.29, 0.717) is 6.61 Å². The molecule has 0 radical (unpaired) electrons. The molecule has 1 aliphatic carbocycles. The van der Waals surface area contributed by atoms with Gasteiger partial charge in [-0.3, -0.25) is 4.79 Å². The first kappa shape index (κ1) is 19.7. The van der Waals surface area contributed by atoms with Gasteiger partial charge in [-0.25, -0.2) is 0 Å². The van der Waals surface area contributed by atoms with Gasteiger partial charge in [0.05, 0.1) is 5.60 Å². The van der Waals surface area contributed by atoms with Gasteiger partial charge in [0.25, 0.3) is 0 Å². The van der Waals surface area contributed by atoms with Crippen molar-refractivity contribution >= 4 is 5.97 Å². The van der Waals surface area contributed by atoms with Crippen LogP contribution in [0.3, 0.4) is 0 Å². The van der Waals surface area contributed by atoms with E-state index in [2.05, 4.69) is 45.9 Å². The molecule has 3 nitrogen and oxygen atoms in total. The van der Waals surface area contributed by atoms with Gasteiger partial charge in [-0.2, -0.15) is 0 Å². The van der Waals surface area contributed by atoms with Crippen molar-refractivity contribution in [2.75, 3.05) is 6.61 Å². The van der Waals surface area contributed by atoms with Crippen molar-refractivity contribution in [1.82, 2.24) is 0 Å². The Hall–Kier alpha value is -1.61. The van der Waals surface area contributed by atoms with E-state index in [4.69, 9.17) is 9.47 Å². The number of hydrogen-bond donors (Lipinski definition) is 0. The number of hydrogen-bond acceptors (Lipinski definition) is 3. The van der Waals surface area contributed by atoms with E-state index in [1.54, 1.807) is 0 Å². The highest BCUT2D eigenvalue weighted by Gasteiger charge is 2.73. The molecule has 0 aromatic heterocycles. The number of ether oxygens (including phenoxy) is 2. The van der Waals surface area contributed by atoms with Crippen molar-refractivity contribution in [2.24, 2.45) is 5.41 Å². The first-order valence-corrected chi connectivity index (χ1v) is 9.16. The number of allylic oxidation sites excluding steroid dienone is 6. The third-order valence-electron chi connectivity index (χ3n) is 5.58. The summed E-state index contributed by atoms with van der Waals surface area (Å²) in [5.41, 5.74) is 2.34. The summed E-state index contributed by atoms with van der Waals surface area (Å²) < 4.78 is 11.1. The largest absolute Gasteiger partial charge is 0.462 e. The van der Waals surface area contributed by atoms with Crippen LogP contribution in [-0.2, 0) is 14.3 Å². The van der Waals surface area contributed by atoms with E-state index in [-0.39, 0.29) is 22.6 Å². The van der Waals surface area contributed by atoms with Gasteiger partial charge < -0.3 is 9.47 Å². The Morgan fingerprint density at radius 3 is 2.44 bits per heavy atom. The van der Waals surface area contributed by atoms with Crippen LogP contribution in [0, 0.1) is 5.41 Å². The summed E-state index contributed by atoms with van der Waals surface area (Å²) in [6.45, 7) is 12.7. The second kappa shape index (κ2) is 7.33. The van der Waals surface area contributed by atoms with Crippen LogP contribution < -0.4 is 0 Å². The van der Waals surface area contributed by atoms with E-state index in [1.807, 2.05) is 25.2 Å². The summed E-state index contributed by atoms with van der Waals surface area (Å²) in [5, 5.41) is 0. The lowest BCUT2D eigenvalue weighted by Crippen LogP contribution is -2.41. The minimum Gasteiger partial charge on any atom is -0.462 e. The average molecular weight is 344 g/mol. The number of carbonyl (C=O) groups excluding carboxylic acids is 1. The zero-order valence-electron chi connectivity index (χ0n) is 16.5. The van der Waals surface area contributed by atoms with E-state index in [9.17, 15) is 4.79 Å². The van der Waals surface area contributed by atoms with Crippen LogP contribution in [0.4, 0.5) is 0 Å². The van der Waals surface area contributed by atoms with E-state index >= 15 is 0 Å². The monoisotopic (exact) mass is 344 g/mol. The van der Waals surface area contributed by atoms with Gasteiger partial charge in [0, 0.05) is 12.3 Å². The summed E-state index contributed by atoms with van der Waals surface area (Å²) >= 11 is 0. The second-order valence-electron chi connectivity index (χ2n) is 8.16. The van der Waals surface area contributed by atoms with Gasteiger partial charge in [-0.15, -0.1) is 0 Å². The predicted molar refractivity (Wildman–Crippen MR) is 102 cm³/mol. The highest BCUT2D eigenvalue weighted by molar-refractivity contribution is 5.66. The third kappa shape index (κ3) is 4.33. The Morgan fingerprint density at radius 1 is 1.08 bits per heavy atom. The van der Waals surface area contributed by atoms with E-state index < -0.39 is 0 Å². The number of carbonyl (C=O) groups is 1. The highest BCUT2D eigenvalue weighted by atomic mass is 16.6. The van der Waals surface area contributed by atoms with Crippen LogP contribution in [0.1, 0.15) is 60.8 Å². The normalized spacial score (nSPS) is 32.1. The molecule has 1 saturated heterocycles. The minimum atomic E-state index is -0.256. The quantitative estimate of drug-likeness (QED) is 0.373. The van der Waals surface area contributed by atoms with E-state index in [0.717, 1.165) is 12.0 Å². The molecule has 138 valence electrons. The number of fused-ring (bicyclic) bond motifs is 1. The fourth-order valence-corrected chi connectivity index (χ4v) is 3.92. The fourth-order valence-electron chi connectivity index (χ4n) is 3.92. The minimum absolute atomic E-state index is 0.0113. The van der Waals surface area contributed by atoms with Crippen LogP contribution in [0.2, 0.25) is 0 Å². The molecule has 1 heterocycles. The van der Waals surface area contributed by atoms with E-state index in [1.165, 1.54) is 25.3 Å². The zero-order chi connectivity index (χ0) is 18.7. The summed E-state index contributed by atoms with van der Waals surface area (Å²) in [4.78, 5) is 10.7. The van der Waals surface area contributed by atoms with Crippen molar-refractivity contribution in [3.63, 3.8) is 0 Å². The number of rotatable bonds is 6. The number of esters is 1. The van der Waals surface area contributed by atoms with Crippen LogP contribution in [0.25, 0.3) is 0 Å². The maximum Gasteiger partial charge on any atom is 0.302 e. The molecule has 3 heteroatoms. The van der Waals surface area contributed by atoms with Crippen LogP contribution in [0.15, 0.2) is 47.6 Å². The van der Waals surface area contributed by atoms with Crippen LogP contribution in [0.5, 0.6) is 0 Å². The predicted octanol–water partition coefficient (Wildman–Crippen LogP) is 5.29. The topological polar surface area (TPSA) is 38.8 Å². The first-order valence-electron chi connectivity index (χ1n) is 9.16. The fraction of sp³-hybridized carbons (Fsp3) is 0.591. The molecule has 25 heavy (non-hydrogen) atoms. The molecular formula is C22H32O3. The van der Waals surface area contributed by atoms with Gasteiger partial charge in [-0.05, 0) is 52.2 Å². The Kier molecular flexibility index (Phi) is 5.78. The lowest BCUT2D eigenvalue weighted by atomic mass is 9.64. The van der Waals surface area contributed by atoms with Crippen molar-refractivity contribution in [2.45, 2.75) is 72.0 Å². The Bertz CT molecular complexity index is 636. The van der Waals surface area contributed by atoms with Crippen LogP contribution >= 0.6 is 0 Å². The maximum atomic E-state index is 10.7. The lowest BCUT2D eigenvalue weighted by molar-refractivity contribution is -0.139. The smallest absolute Gasteiger partial charge is 0.302 e. The Morgan fingerprint density at radius 2 is 1.80 bits per heavy atom. The van der Waals surface area contributed by atoms with Crippen molar-refractivity contribution in [3.05, 3.63) is 47.6 Å². The first-order chi connectivity index (χ1) is 11.6. The van der Waals surface area contributed by atoms with Crippen LogP contribution in [-0.4, -0.2) is 23.8 Å². The van der Waals surface area contributed by atoms with Gasteiger partial charge in [0.15, 0.2) is 0 Å². The number of epoxide rings is 1. The molecule has 2 aliphatic rings. The molecule has 1 aliphatic heterocycles. The van der Waals surface area contributed by atoms with Crippen molar-refractivity contribution < 1.29 is 14.3 Å². The molecule has 2 unspecified atom stereocenters. The molecule has 0 amide bonds. The molecule has 0 spiro atoms. The molecule has 0 aromatic carbocycles. The molecule has 2 fully saturated rings. The van der Waals surface area contributed by atoms with Gasteiger partial charge in [-0.1, -0.05) is 49.3 Å². The van der Waals surface area contributed by atoms with Gasteiger partial charge in [0.1, 0.15) is 12.2 Å². The molecule has 1 saturated carbocycles. The Balaban J connectivity index is 1.96. The third-order valence-corrected chi connectivity index (χ3v) is 5.58. The maximum absolute atomic E-state index is 10.7. The summed E-state index contributed by atoms with van der Waals surface area (Å²) in [6.07, 6.45) is 16.1. The summed E-state index contributed by atoms with van der Waals surface area (Å²) in [5.74, 6) is -0.256. The molecule has 0 aromatic rings. The molecule has 2 atom stereocenters. The summed E-state index contributed by atoms with van der Waals surface area (Å²) in [6, 6.07) is 0. The molecule has 2 rings (SSSR count). The van der Waals surface area contributed by atoms with Gasteiger partial charge >= 0.3 is 5.97 Å². The second-order valence-corrected chi connectivity index (χ2v) is 8.16. The lowest BCUT2D eigenvalue weighted by Gasteiger charge is -2.36. The SMILES string of the molecule is CC(=O)OC/C=C(C)/C=C/C=C(C)/C=C/C12OC1(C)CCCC2(C)C. The highest BCUT2D eigenvalue weighted by Crippen LogP contribution is 2.66. The summed E-state index contributed by atoms with van der Waals surface area (Å²) in [7, 11) is 0. The molecular weight excluding hydrogens is 312 g/mol. The zero-order valence-corrected chi connectivity index (χ0v) is 16.5. The standard InChI is InChI=1S/C22H32O3/c1-17(9-7-10-18(2)12-16-24-19(3)23)11-15-22-20(4,5)13-8-14-21(22,6)25-22/h7,9-12,15H,8,13-14,16H2,1-6H3/b10-7+,15-11+,17-9+,18-12+. The molecule has 0 N–H and O–H groups in total. The average Bonchev–Trinajstić information content (AvgIpc) is 3.12. The van der Waals surface area contributed by atoms with Crippen molar-refractivity contribution in [1.29, 1.82) is 0 Å². The van der Waals surface area contributed by atoms with Crippen molar-refractivity contribution in [3.8, 4) is 0 Å².